The number of benzene rings is 1. The second-order valence-electron chi connectivity index (χ2n) is 7.27. The van der Waals surface area contributed by atoms with E-state index in [0.717, 1.165) is 12.8 Å². The number of aromatic nitrogens is 1. The van der Waals surface area contributed by atoms with Crippen LogP contribution in [0.3, 0.4) is 0 Å². The smallest absolute Gasteiger partial charge is 0.136 e. The fourth-order valence-corrected chi connectivity index (χ4v) is 3.18. The van der Waals surface area contributed by atoms with Crippen molar-refractivity contribution in [2.24, 2.45) is 0 Å². The lowest BCUT2D eigenvalue weighted by atomic mass is 10.1. The van der Waals surface area contributed by atoms with Gasteiger partial charge in [-0.1, -0.05) is 64.9 Å². The zero-order valence-electron chi connectivity index (χ0n) is 17.0. The predicted molar refractivity (Wildman–Crippen MR) is 112 cm³/mol. The van der Waals surface area contributed by atoms with E-state index in [4.69, 9.17) is 4.74 Å². The Balaban J connectivity index is 1.83. The van der Waals surface area contributed by atoms with Crippen molar-refractivity contribution in [3.8, 4) is 17.0 Å². The van der Waals surface area contributed by atoms with Crippen LogP contribution in [0.15, 0.2) is 36.5 Å². The van der Waals surface area contributed by atoms with Crippen LogP contribution in [0.25, 0.3) is 11.3 Å². The van der Waals surface area contributed by atoms with E-state index in [1.54, 1.807) is 6.07 Å². The third kappa shape index (κ3) is 7.70. The summed E-state index contributed by atoms with van der Waals surface area (Å²) in [5, 5.41) is 0. The van der Waals surface area contributed by atoms with Gasteiger partial charge in [-0.05, 0) is 43.0 Å². The number of pyridine rings is 1. The molecule has 0 N–H and O–H groups in total. The van der Waals surface area contributed by atoms with Gasteiger partial charge in [0.25, 0.3) is 0 Å². The molecule has 0 saturated heterocycles. The SMILES string of the molecule is CCCCCCCCOc1ccc(-c2ccc(CCCCC)cn2)c(F)c1. The van der Waals surface area contributed by atoms with Gasteiger partial charge in [0.2, 0.25) is 0 Å². The molecule has 0 aliphatic carbocycles. The van der Waals surface area contributed by atoms with Crippen molar-refractivity contribution in [2.75, 3.05) is 6.61 Å². The van der Waals surface area contributed by atoms with Gasteiger partial charge in [-0.25, -0.2) is 4.39 Å². The van der Waals surface area contributed by atoms with Gasteiger partial charge in [0.1, 0.15) is 11.6 Å². The standard InChI is InChI=1S/C24H34FNO/c1-3-5-7-8-9-11-17-27-21-14-15-22(23(25)18-21)24-16-13-20(19-26-24)12-10-6-4-2/h13-16,18-19H,3-12,17H2,1-2H3. The van der Waals surface area contributed by atoms with Crippen LogP contribution in [0.2, 0.25) is 0 Å². The highest BCUT2D eigenvalue weighted by atomic mass is 19.1. The number of unbranched alkanes of at least 4 members (excludes halogenated alkanes) is 7. The summed E-state index contributed by atoms with van der Waals surface area (Å²) in [5.41, 5.74) is 2.42. The minimum absolute atomic E-state index is 0.276. The first-order valence-electron chi connectivity index (χ1n) is 10.6. The van der Waals surface area contributed by atoms with Gasteiger partial charge in [0.05, 0.1) is 12.3 Å². The van der Waals surface area contributed by atoms with Crippen molar-refractivity contribution in [3.63, 3.8) is 0 Å². The maximum Gasteiger partial charge on any atom is 0.136 e. The van der Waals surface area contributed by atoms with Crippen LogP contribution >= 0.6 is 0 Å². The van der Waals surface area contributed by atoms with Gasteiger partial charge >= 0.3 is 0 Å². The van der Waals surface area contributed by atoms with E-state index in [9.17, 15) is 4.39 Å². The van der Waals surface area contributed by atoms with Crippen molar-refractivity contribution in [1.82, 2.24) is 4.98 Å². The van der Waals surface area contributed by atoms with Gasteiger partial charge < -0.3 is 4.74 Å². The van der Waals surface area contributed by atoms with Crippen molar-refractivity contribution in [2.45, 2.75) is 78.1 Å². The lowest BCUT2D eigenvalue weighted by Gasteiger charge is -2.09. The highest BCUT2D eigenvalue weighted by molar-refractivity contribution is 5.61. The molecule has 0 aliphatic heterocycles. The van der Waals surface area contributed by atoms with E-state index >= 15 is 0 Å². The van der Waals surface area contributed by atoms with E-state index in [1.807, 2.05) is 18.3 Å². The Hall–Kier alpha value is -1.90. The van der Waals surface area contributed by atoms with Gasteiger partial charge in [-0.15, -0.1) is 0 Å². The number of hydrogen-bond donors (Lipinski definition) is 0. The van der Waals surface area contributed by atoms with Crippen LogP contribution in [0, 0.1) is 5.82 Å². The van der Waals surface area contributed by atoms with Gasteiger partial charge in [-0.3, -0.25) is 4.98 Å². The number of hydrogen-bond acceptors (Lipinski definition) is 2. The summed E-state index contributed by atoms with van der Waals surface area (Å²) in [6.07, 6.45) is 13.8. The van der Waals surface area contributed by atoms with Gasteiger partial charge in [0, 0.05) is 17.8 Å². The fraction of sp³-hybridized carbons (Fsp3) is 0.542. The summed E-state index contributed by atoms with van der Waals surface area (Å²) in [5.74, 6) is 0.322. The van der Waals surface area contributed by atoms with Crippen LogP contribution in [-0.4, -0.2) is 11.6 Å². The number of ether oxygens (including phenoxy) is 1. The Bertz CT molecular complexity index is 654. The molecule has 1 heterocycles. The molecule has 0 aliphatic rings. The molecule has 0 radical (unpaired) electrons. The Labute approximate surface area is 164 Å². The molecule has 1 aromatic carbocycles. The maximum atomic E-state index is 14.5. The molecule has 0 saturated carbocycles. The average Bonchev–Trinajstić information content (AvgIpc) is 2.68. The molecule has 0 amide bonds. The summed E-state index contributed by atoms with van der Waals surface area (Å²) in [7, 11) is 0. The second-order valence-corrected chi connectivity index (χ2v) is 7.27. The lowest BCUT2D eigenvalue weighted by Crippen LogP contribution is -1.98. The van der Waals surface area contributed by atoms with E-state index in [1.165, 1.54) is 63.0 Å². The van der Waals surface area contributed by atoms with E-state index in [2.05, 4.69) is 24.9 Å². The van der Waals surface area contributed by atoms with Gasteiger partial charge in [-0.2, -0.15) is 0 Å². The maximum absolute atomic E-state index is 14.5. The first-order valence-corrected chi connectivity index (χ1v) is 10.6. The van der Waals surface area contributed by atoms with Gasteiger partial charge in [0.15, 0.2) is 0 Å². The molecule has 0 bridgehead atoms. The molecule has 148 valence electrons. The van der Waals surface area contributed by atoms with Crippen molar-refractivity contribution < 1.29 is 9.13 Å². The molecule has 0 unspecified atom stereocenters. The lowest BCUT2D eigenvalue weighted by molar-refractivity contribution is 0.303. The minimum Gasteiger partial charge on any atom is -0.493 e. The summed E-state index contributed by atoms with van der Waals surface area (Å²) in [4.78, 5) is 4.45. The third-order valence-corrected chi connectivity index (χ3v) is 4.88. The van der Waals surface area contributed by atoms with Crippen molar-refractivity contribution in [3.05, 3.63) is 47.9 Å². The van der Waals surface area contributed by atoms with Crippen LogP contribution < -0.4 is 4.74 Å². The molecule has 0 spiro atoms. The third-order valence-electron chi connectivity index (χ3n) is 4.88. The minimum atomic E-state index is -0.276. The zero-order chi connectivity index (χ0) is 19.3. The topological polar surface area (TPSA) is 22.1 Å². The Kier molecular flexibility index (Phi) is 9.89. The number of halogens is 1. The van der Waals surface area contributed by atoms with E-state index in [-0.39, 0.29) is 5.82 Å². The molecule has 0 fully saturated rings. The summed E-state index contributed by atoms with van der Waals surface area (Å²) in [6, 6.07) is 9.05. The van der Waals surface area contributed by atoms with Crippen LogP contribution in [0.4, 0.5) is 4.39 Å². The molecule has 2 rings (SSSR count). The second kappa shape index (κ2) is 12.5. The number of rotatable bonds is 13. The first-order chi connectivity index (χ1) is 13.2. The van der Waals surface area contributed by atoms with Crippen LogP contribution in [-0.2, 0) is 6.42 Å². The molecule has 1 aromatic heterocycles. The van der Waals surface area contributed by atoms with Crippen LogP contribution in [0.1, 0.15) is 77.2 Å². The monoisotopic (exact) mass is 371 g/mol. The molecular weight excluding hydrogens is 337 g/mol. The Morgan fingerprint density at radius 1 is 0.852 bits per heavy atom. The highest BCUT2D eigenvalue weighted by Crippen LogP contribution is 2.25. The number of aryl methyl sites for hydroxylation is 1. The predicted octanol–water partition coefficient (Wildman–Crippen LogP) is 7.36. The van der Waals surface area contributed by atoms with Crippen molar-refractivity contribution in [1.29, 1.82) is 0 Å². The molecule has 2 aromatic rings. The molecule has 3 heteroatoms. The molecule has 2 nitrogen and oxygen atoms in total. The highest BCUT2D eigenvalue weighted by Gasteiger charge is 2.08. The van der Waals surface area contributed by atoms with Crippen LogP contribution in [0.5, 0.6) is 5.75 Å². The zero-order valence-corrected chi connectivity index (χ0v) is 17.0. The molecule has 0 atom stereocenters. The number of nitrogens with zero attached hydrogens (tertiary/aromatic N) is 1. The Morgan fingerprint density at radius 2 is 1.59 bits per heavy atom. The van der Waals surface area contributed by atoms with Crippen molar-refractivity contribution >= 4 is 0 Å². The Morgan fingerprint density at radius 3 is 2.30 bits per heavy atom. The largest absolute Gasteiger partial charge is 0.493 e. The average molecular weight is 372 g/mol. The van der Waals surface area contributed by atoms with E-state index in [0.29, 0.717) is 23.6 Å². The first kappa shape index (κ1) is 21.4. The summed E-state index contributed by atoms with van der Waals surface area (Å²) >= 11 is 0. The quantitative estimate of drug-likeness (QED) is 0.343. The van der Waals surface area contributed by atoms with E-state index < -0.39 is 0 Å². The molecule has 27 heavy (non-hydrogen) atoms. The fourth-order valence-electron chi connectivity index (χ4n) is 3.18. The summed E-state index contributed by atoms with van der Waals surface area (Å²) < 4.78 is 20.2. The normalized spacial score (nSPS) is 10.9. The summed E-state index contributed by atoms with van der Waals surface area (Å²) in [6.45, 7) is 5.07. The molecular formula is C24H34FNO.